The molecule has 1 atom stereocenters. The monoisotopic (exact) mass is 298 g/mol. The standard InChI is InChI=1S/C15H20Cl2N2/c1-5-9-15(3,4)19-12-8-6-7-11(17)13(12)18-14(19)10(2)16/h6-8,10H,5,9H2,1-4H3. The van der Waals surface area contributed by atoms with Crippen molar-refractivity contribution in [2.75, 3.05) is 0 Å². The predicted octanol–water partition coefficient (Wildman–Crippen LogP) is 5.52. The molecule has 0 bridgehead atoms. The Labute approximate surface area is 124 Å². The second kappa shape index (κ2) is 5.34. The maximum atomic E-state index is 6.31. The second-order valence-corrected chi connectivity index (χ2v) is 6.65. The van der Waals surface area contributed by atoms with Gasteiger partial charge in [-0.1, -0.05) is 31.0 Å². The van der Waals surface area contributed by atoms with E-state index in [0.717, 1.165) is 29.7 Å². The molecule has 0 fully saturated rings. The van der Waals surface area contributed by atoms with E-state index in [4.69, 9.17) is 23.2 Å². The van der Waals surface area contributed by atoms with Crippen LogP contribution in [0.3, 0.4) is 0 Å². The third-order valence-corrected chi connectivity index (χ3v) is 3.98. The number of alkyl halides is 1. The first-order chi connectivity index (χ1) is 8.88. The van der Waals surface area contributed by atoms with Gasteiger partial charge in [-0.15, -0.1) is 11.6 Å². The van der Waals surface area contributed by atoms with Crippen molar-refractivity contribution in [1.29, 1.82) is 0 Å². The third-order valence-electron chi connectivity index (χ3n) is 3.48. The molecule has 1 unspecified atom stereocenters. The van der Waals surface area contributed by atoms with Crippen molar-refractivity contribution >= 4 is 34.2 Å². The van der Waals surface area contributed by atoms with Crippen molar-refractivity contribution in [2.45, 2.75) is 51.5 Å². The summed E-state index contributed by atoms with van der Waals surface area (Å²) in [5, 5.41) is 0.543. The first-order valence-corrected chi connectivity index (χ1v) is 7.51. The van der Waals surface area contributed by atoms with E-state index in [1.165, 1.54) is 0 Å². The summed E-state index contributed by atoms with van der Waals surface area (Å²) in [5.41, 5.74) is 1.89. The largest absolute Gasteiger partial charge is 0.321 e. The number of imidazole rings is 1. The van der Waals surface area contributed by atoms with Crippen LogP contribution in [-0.4, -0.2) is 9.55 Å². The molecule has 1 heterocycles. The van der Waals surface area contributed by atoms with Crippen LogP contribution in [0.4, 0.5) is 0 Å². The van der Waals surface area contributed by atoms with E-state index >= 15 is 0 Å². The summed E-state index contributed by atoms with van der Waals surface area (Å²) in [5.74, 6) is 0.892. The van der Waals surface area contributed by atoms with Gasteiger partial charge in [0.05, 0.1) is 15.9 Å². The molecule has 0 saturated carbocycles. The molecule has 0 spiro atoms. The fourth-order valence-corrected chi connectivity index (χ4v) is 3.07. The zero-order valence-electron chi connectivity index (χ0n) is 11.9. The molecule has 0 N–H and O–H groups in total. The van der Waals surface area contributed by atoms with Crippen molar-refractivity contribution in [3.05, 3.63) is 29.0 Å². The van der Waals surface area contributed by atoms with Gasteiger partial charge in [-0.25, -0.2) is 4.98 Å². The molecule has 0 aliphatic rings. The Morgan fingerprint density at radius 2 is 2.05 bits per heavy atom. The van der Waals surface area contributed by atoms with Gasteiger partial charge in [-0.05, 0) is 39.3 Å². The fraction of sp³-hybridized carbons (Fsp3) is 0.533. The quantitative estimate of drug-likeness (QED) is 0.679. The van der Waals surface area contributed by atoms with Gasteiger partial charge in [0.2, 0.25) is 0 Å². The van der Waals surface area contributed by atoms with Gasteiger partial charge in [-0.2, -0.15) is 0 Å². The Morgan fingerprint density at radius 3 is 2.63 bits per heavy atom. The van der Waals surface area contributed by atoms with Gasteiger partial charge in [0.1, 0.15) is 11.3 Å². The van der Waals surface area contributed by atoms with E-state index in [-0.39, 0.29) is 10.9 Å². The highest BCUT2D eigenvalue weighted by atomic mass is 35.5. The molecule has 0 radical (unpaired) electrons. The third kappa shape index (κ3) is 2.61. The summed E-state index contributed by atoms with van der Waals surface area (Å²) in [7, 11) is 0. The van der Waals surface area contributed by atoms with E-state index in [2.05, 4.69) is 36.4 Å². The maximum Gasteiger partial charge on any atom is 0.128 e. The lowest BCUT2D eigenvalue weighted by atomic mass is 9.97. The zero-order valence-corrected chi connectivity index (χ0v) is 13.4. The van der Waals surface area contributed by atoms with Crippen molar-refractivity contribution in [1.82, 2.24) is 9.55 Å². The minimum atomic E-state index is -0.139. The van der Waals surface area contributed by atoms with Gasteiger partial charge in [0, 0.05) is 5.54 Å². The number of hydrogen-bond donors (Lipinski definition) is 0. The summed E-state index contributed by atoms with van der Waals surface area (Å²) < 4.78 is 2.25. The minimum absolute atomic E-state index is 0.0212. The minimum Gasteiger partial charge on any atom is -0.321 e. The molecule has 0 aliphatic carbocycles. The molecule has 2 aromatic rings. The van der Waals surface area contributed by atoms with Gasteiger partial charge >= 0.3 is 0 Å². The van der Waals surface area contributed by atoms with Crippen LogP contribution in [0, 0.1) is 0 Å². The van der Waals surface area contributed by atoms with Gasteiger partial charge in [-0.3, -0.25) is 0 Å². The number of fused-ring (bicyclic) bond motifs is 1. The molecule has 0 saturated heterocycles. The topological polar surface area (TPSA) is 17.8 Å². The van der Waals surface area contributed by atoms with Crippen LogP contribution in [0.5, 0.6) is 0 Å². The average Bonchev–Trinajstić information content (AvgIpc) is 2.70. The molecule has 0 amide bonds. The maximum absolute atomic E-state index is 6.31. The summed E-state index contributed by atoms with van der Waals surface area (Å²) in [6.07, 6.45) is 2.19. The molecule has 104 valence electrons. The summed E-state index contributed by atoms with van der Waals surface area (Å²) >= 11 is 12.6. The molecular weight excluding hydrogens is 279 g/mol. The van der Waals surface area contributed by atoms with Gasteiger partial charge in [0.25, 0.3) is 0 Å². The van der Waals surface area contributed by atoms with E-state index in [9.17, 15) is 0 Å². The molecule has 0 aliphatic heterocycles. The first-order valence-electron chi connectivity index (χ1n) is 6.70. The van der Waals surface area contributed by atoms with Crippen LogP contribution >= 0.6 is 23.2 Å². The number of rotatable bonds is 4. The van der Waals surface area contributed by atoms with E-state index < -0.39 is 0 Å². The van der Waals surface area contributed by atoms with Crippen molar-refractivity contribution in [3.8, 4) is 0 Å². The van der Waals surface area contributed by atoms with Crippen molar-refractivity contribution in [2.24, 2.45) is 0 Å². The fourth-order valence-electron chi connectivity index (χ4n) is 2.71. The molecule has 4 heteroatoms. The summed E-state index contributed by atoms with van der Waals surface area (Å²) in [6, 6.07) is 5.90. The van der Waals surface area contributed by atoms with Crippen LogP contribution in [-0.2, 0) is 5.54 Å². The lowest BCUT2D eigenvalue weighted by molar-refractivity contribution is 0.323. The molecule has 2 rings (SSSR count). The highest BCUT2D eigenvalue weighted by molar-refractivity contribution is 6.35. The number of hydrogen-bond acceptors (Lipinski definition) is 1. The predicted molar refractivity (Wildman–Crippen MR) is 83.2 cm³/mol. The summed E-state index contributed by atoms with van der Waals surface area (Å²) in [6.45, 7) is 8.59. The number of aromatic nitrogens is 2. The van der Waals surface area contributed by atoms with Gasteiger partial charge < -0.3 is 4.57 Å². The smallest absolute Gasteiger partial charge is 0.128 e. The lowest BCUT2D eigenvalue weighted by Gasteiger charge is -2.29. The molecule has 2 nitrogen and oxygen atoms in total. The van der Waals surface area contributed by atoms with Gasteiger partial charge in [0.15, 0.2) is 0 Å². The second-order valence-electron chi connectivity index (χ2n) is 5.59. The van der Waals surface area contributed by atoms with Crippen molar-refractivity contribution < 1.29 is 0 Å². The zero-order chi connectivity index (χ0) is 14.2. The van der Waals surface area contributed by atoms with Crippen LogP contribution in [0.15, 0.2) is 18.2 Å². The highest BCUT2D eigenvalue weighted by Gasteiger charge is 2.27. The number of nitrogens with zero attached hydrogens (tertiary/aromatic N) is 2. The first kappa shape index (κ1) is 14.7. The average molecular weight is 299 g/mol. The lowest BCUT2D eigenvalue weighted by Crippen LogP contribution is -2.28. The highest BCUT2D eigenvalue weighted by Crippen LogP contribution is 2.35. The molecule has 1 aromatic carbocycles. The number of benzene rings is 1. The van der Waals surface area contributed by atoms with Crippen LogP contribution in [0.2, 0.25) is 5.02 Å². The number of halogens is 2. The number of para-hydroxylation sites is 1. The Morgan fingerprint density at radius 1 is 1.37 bits per heavy atom. The Hall–Kier alpha value is -0.730. The van der Waals surface area contributed by atoms with Crippen molar-refractivity contribution in [3.63, 3.8) is 0 Å². The van der Waals surface area contributed by atoms with E-state index in [1.807, 2.05) is 19.1 Å². The Kier molecular flexibility index (Phi) is 4.12. The van der Waals surface area contributed by atoms with E-state index in [0.29, 0.717) is 5.02 Å². The van der Waals surface area contributed by atoms with Crippen LogP contribution in [0.1, 0.15) is 51.7 Å². The molecular formula is C15H20Cl2N2. The summed E-state index contributed by atoms with van der Waals surface area (Å²) in [4.78, 5) is 4.66. The normalized spacial score (nSPS) is 14.0. The van der Waals surface area contributed by atoms with Crippen LogP contribution < -0.4 is 0 Å². The van der Waals surface area contributed by atoms with Crippen LogP contribution in [0.25, 0.3) is 11.0 Å². The Balaban J connectivity index is 2.76. The molecule has 1 aromatic heterocycles. The molecule has 19 heavy (non-hydrogen) atoms. The van der Waals surface area contributed by atoms with E-state index in [1.54, 1.807) is 0 Å². The SMILES string of the molecule is CCCC(C)(C)n1c(C(C)Cl)nc2c(Cl)cccc21. The Bertz CT molecular complexity index is 585.